The zero-order valence-electron chi connectivity index (χ0n) is 13.5. The Morgan fingerprint density at radius 3 is 2.48 bits per heavy atom. The summed E-state index contributed by atoms with van der Waals surface area (Å²) in [7, 11) is 0. The van der Waals surface area contributed by atoms with Crippen molar-refractivity contribution in [1.29, 1.82) is 0 Å². The number of rotatable bonds is 5. The van der Waals surface area contributed by atoms with Crippen molar-refractivity contribution in [3.63, 3.8) is 0 Å². The van der Waals surface area contributed by atoms with Crippen molar-refractivity contribution < 1.29 is 9.13 Å². The Labute approximate surface area is 155 Å². The van der Waals surface area contributed by atoms with Crippen LogP contribution in [-0.4, -0.2) is 9.97 Å². The minimum atomic E-state index is -0.448. The van der Waals surface area contributed by atoms with Crippen LogP contribution in [0.4, 0.5) is 4.39 Å². The molecule has 0 saturated heterocycles. The van der Waals surface area contributed by atoms with Gasteiger partial charge in [0.2, 0.25) is 0 Å². The molecule has 0 atom stereocenters. The van der Waals surface area contributed by atoms with Gasteiger partial charge in [0.1, 0.15) is 24.5 Å². The van der Waals surface area contributed by atoms with E-state index in [1.54, 1.807) is 24.3 Å². The maximum absolute atomic E-state index is 14.5. The van der Waals surface area contributed by atoms with Crippen LogP contribution in [0.3, 0.4) is 0 Å². The van der Waals surface area contributed by atoms with Crippen LogP contribution in [0.25, 0.3) is 11.3 Å². The lowest BCUT2D eigenvalue weighted by atomic mass is 10.1. The first-order valence-electron chi connectivity index (χ1n) is 7.75. The molecule has 0 aliphatic rings. The fourth-order valence-corrected chi connectivity index (χ4v) is 2.82. The second-order valence-electron chi connectivity index (χ2n) is 5.39. The van der Waals surface area contributed by atoms with Crippen LogP contribution < -0.4 is 4.74 Å². The lowest BCUT2D eigenvalue weighted by Crippen LogP contribution is -1.98. The van der Waals surface area contributed by atoms with Gasteiger partial charge in [-0.1, -0.05) is 42.3 Å². The topological polar surface area (TPSA) is 35.0 Å². The van der Waals surface area contributed by atoms with E-state index in [0.717, 1.165) is 5.56 Å². The molecule has 0 unspecified atom stereocenters. The number of nitrogens with zero attached hydrogens (tertiary/aromatic N) is 2. The van der Waals surface area contributed by atoms with E-state index in [9.17, 15) is 4.39 Å². The largest absolute Gasteiger partial charge is 0.489 e. The molecule has 128 valence electrons. The van der Waals surface area contributed by atoms with E-state index in [4.69, 9.17) is 27.9 Å². The third-order valence-corrected chi connectivity index (χ3v) is 4.36. The van der Waals surface area contributed by atoms with Gasteiger partial charge in [0, 0.05) is 16.7 Å². The highest BCUT2D eigenvalue weighted by atomic mass is 35.5. The summed E-state index contributed by atoms with van der Waals surface area (Å²) in [4.78, 5) is 8.21. The van der Waals surface area contributed by atoms with Gasteiger partial charge < -0.3 is 4.74 Å². The summed E-state index contributed by atoms with van der Waals surface area (Å²) in [6, 6.07) is 11.9. The highest BCUT2D eigenvalue weighted by Gasteiger charge is 2.14. The lowest BCUT2D eigenvalue weighted by Gasteiger charge is -2.10. The predicted octanol–water partition coefficient (Wildman–Crippen LogP) is 5.73. The van der Waals surface area contributed by atoms with Gasteiger partial charge in [-0.05, 0) is 36.2 Å². The maximum Gasteiger partial charge on any atom is 0.136 e. The Bertz CT molecular complexity index is 885. The molecule has 0 saturated carbocycles. The average molecular weight is 377 g/mol. The van der Waals surface area contributed by atoms with Gasteiger partial charge >= 0.3 is 0 Å². The first kappa shape index (κ1) is 17.6. The molecule has 1 aromatic heterocycles. The van der Waals surface area contributed by atoms with E-state index < -0.39 is 5.82 Å². The Kier molecular flexibility index (Phi) is 5.51. The van der Waals surface area contributed by atoms with Crippen LogP contribution >= 0.6 is 23.2 Å². The molecule has 0 N–H and O–H groups in total. The summed E-state index contributed by atoms with van der Waals surface area (Å²) >= 11 is 12.1. The van der Waals surface area contributed by atoms with Crippen molar-refractivity contribution in [2.75, 3.05) is 0 Å². The summed E-state index contributed by atoms with van der Waals surface area (Å²) < 4.78 is 20.1. The van der Waals surface area contributed by atoms with Crippen LogP contribution in [0.15, 0.2) is 48.8 Å². The summed E-state index contributed by atoms with van der Waals surface area (Å²) in [5.41, 5.74) is 2.34. The first-order chi connectivity index (χ1) is 12.1. The average Bonchev–Trinajstić information content (AvgIpc) is 2.62. The van der Waals surface area contributed by atoms with Crippen LogP contribution in [0, 0.1) is 5.82 Å². The van der Waals surface area contributed by atoms with Crippen molar-refractivity contribution in [3.05, 3.63) is 75.9 Å². The summed E-state index contributed by atoms with van der Waals surface area (Å²) in [6.07, 6.45) is 2.04. The normalized spacial score (nSPS) is 10.7. The third kappa shape index (κ3) is 4.09. The third-order valence-electron chi connectivity index (χ3n) is 3.71. The monoisotopic (exact) mass is 376 g/mol. The molecule has 0 aliphatic heterocycles. The number of hydrogen-bond donors (Lipinski definition) is 0. The number of benzene rings is 2. The molecule has 6 heteroatoms. The molecule has 3 rings (SSSR count). The Morgan fingerprint density at radius 2 is 1.80 bits per heavy atom. The van der Waals surface area contributed by atoms with Crippen molar-refractivity contribution in [3.8, 4) is 17.0 Å². The van der Waals surface area contributed by atoms with E-state index in [2.05, 4.69) is 9.97 Å². The minimum absolute atomic E-state index is 0.320. The van der Waals surface area contributed by atoms with Crippen molar-refractivity contribution >= 4 is 23.2 Å². The van der Waals surface area contributed by atoms with Crippen molar-refractivity contribution in [2.24, 2.45) is 0 Å². The standard InChI is InChI=1S/C19H15Cl2FN2O/c1-2-17-18(21)19(24-11-23-17)15-8-7-14(9-16(15)22)25-10-12-3-5-13(20)6-4-12/h3-9,11H,2,10H2,1H3. The molecule has 3 nitrogen and oxygen atoms in total. The van der Waals surface area contributed by atoms with Crippen LogP contribution in [0.2, 0.25) is 10.0 Å². The van der Waals surface area contributed by atoms with Gasteiger partial charge in [-0.25, -0.2) is 14.4 Å². The number of hydrogen-bond acceptors (Lipinski definition) is 3. The Hall–Kier alpha value is -2.17. The minimum Gasteiger partial charge on any atom is -0.489 e. The van der Waals surface area contributed by atoms with E-state index in [1.165, 1.54) is 12.4 Å². The van der Waals surface area contributed by atoms with Gasteiger partial charge in [0.15, 0.2) is 0 Å². The van der Waals surface area contributed by atoms with Gasteiger partial charge in [-0.3, -0.25) is 0 Å². The number of ether oxygens (including phenoxy) is 1. The second-order valence-corrected chi connectivity index (χ2v) is 6.21. The van der Waals surface area contributed by atoms with Crippen LogP contribution in [0.1, 0.15) is 18.2 Å². The molecule has 25 heavy (non-hydrogen) atoms. The SMILES string of the molecule is CCc1ncnc(-c2ccc(OCc3ccc(Cl)cc3)cc2F)c1Cl. The summed E-state index contributed by atoms with van der Waals surface area (Å²) in [6.45, 7) is 2.26. The molecule has 0 aliphatic carbocycles. The van der Waals surface area contributed by atoms with E-state index >= 15 is 0 Å². The first-order valence-corrected chi connectivity index (χ1v) is 8.50. The quantitative estimate of drug-likeness (QED) is 0.570. The smallest absolute Gasteiger partial charge is 0.136 e. The number of halogens is 3. The predicted molar refractivity (Wildman–Crippen MR) is 97.6 cm³/mol. The van der Waals surface area contributed by atoms with Crippen molar-refractivity contribution in [2.45, 2.75) is 20.0 Å². The maximum atomic E-state index is 14.5. The molecule has 0 amide bonds. The summed E-state index contributed by atoms with van der Waals surface area (Å²) in [5.74, 6) is -0.0200. The van der Waals surface area contributed by atoms with Gasteiger partial charge in [-0.15, -0.1) is 0 Å². The van der Waals surface area contributed by atoms with Crippen LogP contribution in [0.5, 0.6) is 5.75 Å². The molecular formula is C19H15Cl2FN2O. The van der Waals surface area contributed by atoms with E-state index in [1.807, 2.05) is 19.1 Å². The zero-order chi connectivity index (χ0) is 17.8. The second kappa shape index (κ2) is 7.81. The fraction of sp³-hybridized carbons (Fsp3) is 0.158. The zero-order valence-corrected chi connectivity index (χ0v) is 15.0. The van der Waals surface area contributed by atoms with E-state index in [0.29, 0.717) is 45.8 Å². The molecule has 1 heterocycles. The highest BCUT2D eigenvalue weighted by molar-refractivity contribution is 6.33. The molecule has 0 radical (unpaired) electrons. The molecular weight excluding hydrogens is 362 g/mol. The number of aromatic nitrogens is 2. The molecule has 2 aromatic carbocycles. The van der Waals surface area contributed by atoms with Gasteiger partial charge in [0.25, 0.3) is 0 Å². The van der Waals surface area contributed by atoms with Gasteiger partial charge in [-0.2, -0.15) is 0 Å². The van der Waals surface area contributed by atoms with E-state index in [-0.39, 0.29) is 0 Å². The van der Waals surface area contributed by atoms with Gasteiger partial charge in [0.05, 0.1) is 16.4 Å². The summed E-state index contributed by atoms with van der Waals surface area (Å²) in [5, 5.41) is 1.03. The number of aryl methyl sites for hydroxylation is 1. The van der Waals surface area contributed by atoms with Crippen molar-refractivity contribution in [1.82, 2.24) is 9.97 Å². The fourth-order valence-electron chi connectivity index (χ4n) is 2.37. The molecule has 0 bridgehead atoms. The van der Waals surface area contributed by atoms with Crippen LogP contribution in [-0.2, 0) is 13.0 Å². The Balaban J connectivity index is 1.80. The molecule has 3 aromatic rings. The highest BCUT2D eigenvalue weighted by Crippen LogP contribution is 2.31. The molecule has 0 fully saturated rings. The Morgan fingerprint density at radius 1 is 1.04 bits per heavy atom. The molecule has 0 spiro atoms. The lowest BCUT2D eigenvalue weighted by molar-refractivity contribution is 0.304.